The first-order chi connectivity index (χ1) is 6.25. The zero-order chi connectivity index (χ0) is 9.68. The van der Waals surface area contributed by atoms with E-state index < -0.39 is 11.6 Å². The van der Waals surface area contributed by atoms with E-state index in [2.05, 4.69) is 10.3 Å². The first-order valence-corrected chi connectivity index (χ1v) is 4.24. The predicted molar refractivity (Wildman–Crippen MR) is 46.2 cm³/mol. The third kappa shape index (κ3) is 2.73. The molecule has 0 radical (unpaired) electrons. The van der Waals surface area contributed by atoms with Gasteiger partial charge in [0.2, 0.25) is 0 Å². The van der Waals surface area contributed by atoms with Gasteiger partial charge in [-0.3, -0.25) is 4.98 Å². The normalized spacial score (nSPS) is 10.4. The molecule has 1 N–H and O–H groups in total. The maximum atomic E-state index is 12.9. The number of hydrogen-bond acceptors (Lipinski definition) is 2. The molecule has 1 aromatic heterocycles. The molecule has 0 aromatic carbocycles. The van der Waals surface area contributed by atoms with Crippen molar-refractivity contribution in [2.75, 3.05) is 6.54 Å². The summed E-state index contributed by atoms with van der Waals surface area (Å²) in [4.78, 5) is 3.39. The minimum absolute atomic E-state index is 0.0588. The topological polar surface area (TPSA) is 24.9 Å². The predicted octanol–water partition coefficient (Wildman–Crippen LogP) is 1.86. The monoisotopic (exact) mass is 186 g/mol. The summed E-state index contributed by atoms with van der Waals surface area (Å²) in [6.45, 7) is 2.96. The fourth-order valence-electron chi connectivity index (χ4n) is 0.997. The van der Waals surface area contributed by atoms with Gasteiger partial charge >= 0.3 is 0 Å². The van der Waals surface area contributed by atoms with Crippen molar-refractivity contribution < 1.29 is 8.78 Å². The van der Waals surface area contributed by atoms with Crippen LogP contribution in [-0.2, 0) is 6.54 Å². The van der Waals surface area contributed by atoms with Gasteiger partial charge in [-0.2, -0.15) is 0 Å². The summed E-state index contributed by atoms with van der Waals surface area (Å²) in [7, 11) is 0. The van der Waals surface area contributed by atoms with Crippen LogP contribution in [0.1, 0.15) is 18.9 Å². The largest absolute Gasteiger partial charge is 0.312 e. The number of hydrogen-bond donors (Lipinski definition) is 1. The van der Waals surface area contributed by atoms with E-state index in [-0.39, 0.29) is 12.1 Å². The Hall–Kier alpha value is -1.03. The van der Waals surface area contributed by atoms with Crippen LogP contribution in [0.25, 0.3) is 0 Å². The van der Waals surface area contributed by atoms with Gasteiger partial charge in [0.15, 0.2) is 0 Å². The fraction of sp³-hybridized carbons (Fsp3) is 0.444. The highest BCUT2D eigenvalue weighted by molar-refractivity contribution is 5.14. The average molecular weight is 186 g/mol. The van der Waals surface area contributed by atoms with Crippen molar-refractivity contribution in [3.05, 3.63) is 29.6 Å². The van der Waals surface area contributed by atoms with E-state index in [1.165, 1.54) is 0 Å². The summed E-state index contributed by atoms with van der Waals surface area (Å²) in [6, 6.07) is 0. The molecule has 13 heavy (non-hydrogen) atoms. The van der Waals surface area contributed by atoms with Gasteiger partial charge in [-0.15, -0.1) is 0 Å². The molecule has 2 nitrogen and oxygen atoms in total. The molecule has 1 rings (SSSR count). The molecule has 72 valence electrons. The molecule has 0 fully saturated rings. The minimum Gasteiger partial charge on any atom is -0.312 e. The van der Waals surface area contributed by atoms with Gasteiger partial charge in [-0.05, 0) is 13.0 Å². The molecule has 1 heterocycles. The molecule has 0 aliphatic heterocycles. The van der Waals surface area contributed by atoms with Crippen molar-refractivity contribution in [3.63, 3.8) is 0 Å². The van der Waals surface area contributed by atoms with E-state index in [9.17, 15) is 8.78 Å². The maximum absolute atomic E-state index is 12.9. The molecule has 0 saturated carbocycles. The van der Waals surface area contributed by atoms with Crippen LogP contribution in [0.2, 0.25) is 0 Å². The molecule has 1 aromatic rings. The number of pyridine rings is 1. The number of halogens is 2. The Morgan fingerprint density at radius 3 is 2.46 bits per heavy atom. The zero-order valence-corrected chi connectivity index (χ0v) is 7.48. The number of nitrogens with zero attached hydrogens (tertiary/aromatic N) is 1. The van der Waals surface area contributed by atoms with Gasteiger partial charge in [-0.1, -0.05) is 6.92 Å². The molecule has 4 heteroatoms. The second kappa shape index (κ2) is 4.87. The maximum Gasteiger partial charge on any atom is 0.148 e. The van der Waals surface area contributed by atoms with E-state index in [1.807, 2.05) is 6.92 Å². The summed E-state index contributed by atoms with van der Waals surface area (Å²) in [5, 5.41) is 2.93. The fourth-order valence-corrected chi connectivity index (χ4v) is 0.997. The standard InChI is InChI=1S/C9H12F2N2/c1-2-3-12-4-7-8(10)5-13-6-9(7)11/h5-6,12H,2-4H2,1H3. The van der Waals surface area contributed by atoms with Crippen LogP contribution in [-0.4, -0.2) is 11.5 Å². The van der Waals surface area contributed by atoms with Crippen LogP contribution < -0.4 is 5.32 Å². The highest BCUT2D eigenvalue weighted by Crippen LogP contribution is 2.09. The third-order valence-electron chi connectivity index (χ3n) is 1.68. The number of rotatable bonds is 4. The SMILES string of the molecule is CCCNCc1c(F)cncc1F. The third-order valence-corrected chi connectivity index (χ3v) is 1.68. The van der Waals surface area contributed by atoms with Crippen LogP contribution in [0.5, 0.6) is 0 Å². The molecular formula is C9H12F2N2. The lowest BCUT2D eigenvalue weighted by atomic mass is 10.2. The van der Waals surface area contributed by atoms with Gasteiger partial charge in [0.25, 0.3) is 0 Å². The lowest BCUT2D eigenvalue weighted by Gasteiger charge is -2.04. The highest BCUT2D eigenvalue weighted by Gasteiger charge is 2.07. The van der Waals surface area contributed by atoms with Crippen molar-refractivity contribution in [3.8, 4) is 0 Å². The van der Waals surface area contributed by atoms with Gasteiger partial charge in [0, 0.05) is 12.1 Å². The second-order valence-electron chi connectivity index (χ2n) is 2.76. The van der Waals surface area contributed by atoms with Crippen molar-refractivity contribution in [1.29, 1.82) is 0 Å². The zero-order valence-electron chi connectivity index (χ0n) is 7.48. The molecule has 0 spiro atoms. The molecule has 0 amide bonds. The number of aromatic nitrogens is 1. The van der Waals surface area contributed by atoms with Crippen molar-refractivity contribution >= 4 is 0 Å². The summed E-state index contributed by atoms with van der Waals surface area (Å²) < 4.78 is 25.9. The Bertz CT molecular complexity index is 256. The first-order valence-electron chi connectivity index (χ1n) is 4.24. The van der Waals surface area contributed by atoms with Crippen LogP contribution in [0, 0.1) is 11.6 Å². The van der Waals surface area contributed by atoms with Crippen LogP contribution in [0.4, 0.5) is 8.78 Å². The molecule has 0 atom stereocenters. The van der Waals surface area contributed by atoms with Crippen LogP contribution >= 0.6 is 0 Å². The summed E-state index contributed by atoms with van der Waals surface area (Å²) >= 11 is 0. The summed E-state index contributed by atoms with van der Waals surface area (Å²) in [6.07, 6.45) is 2.98. The lowest BCUT2D eigenvalue weighted by molar-refractivity contribution is 0.527. The Morgan fingerprint density at radius 1 is 1.31 bits per heavy atom. The minimum atomic E-state index is -0.594. The highest BCUT2D eigenvalue weighted by atomic mass is 19.1. The first kappa shape index (κ1) is 10.1. The molecule has 0 saturated heterocycles. The van der Waals surface area contributed by atoms with Gasteiger partial charge < -0.3 is 5.32 Å². The molecular weight excluding hydrogens is 174 g/mol. The lowest BCUT2D eigenvalue weighted by Crippen LogP contribution is -2.16. The smallest absolute Gasteiger partial charge is 0.148 e. The van der Waals surface area contributed by atoms with Crippen molar-refractivity contribution in [1.82, 2.24) is 10.3 Å². The van der Waals surface area contributed by atoms with Gasteiger partial charge in [0.05, 0.1) is 12.4 Å². The van der Waals surface area contributed by atoms with Crippen molar-refractivity contribution in [2.24, 2.45) is 0 Å². The Kier molecular flexibility index (Phi) is 3.76. The van der Waals surface area contributed by atoms with Crippen molar-refractivity contribution in [2.45, 2.75) is 19.9 Å². The van der Waals surface area contributed by atoms with Crippen LogP contribution in [0.3, 0.4) is 0 Å². The van der Waals surface area contributed by atoms with E-state index in [0.29, 0.717) is 0 Å². The van der Waals surface area contributed by atoms with E-state index in [1.54, 1.807) is 0 Å². The summed E-state index contributed by atoms with van der Waals surface area (Å²) in [5.41, 5.74) is 0.0588. The van der Waals surface area contributed by atoms with E-state index >= 15 is 0 Å². The average Bonchev–Trinajstić information content (AvgIpc) is 2.10. The Morgan fingerprint density at radius 2 is 1.92 bits per heavy atom. The second-order valence-corrected chi connectivity index (χ2v) is 2.76. The van der Waals surface area contributed by atoms with Gasteiger partial charge in [0.1, 0.15) is 11.6 Å². The van der Waals surface area contributed by atoms with Crippen LogP contribution in [0.15, 0.2) is 12.4 Å². The molecule has 0 aliphatic rings. The van der Waals surface area contributed by atoms with E-state index in [0.717, 1.165) is 25.4 Å². The summed E-state index contributed by atoms with van der Waals surface area (Å²) in [5.74, 6) is -1.19. The molecule has 0 bridgehead atoms. The quantitative estimate of drug-likeness (QED) is 0.726. The number of nitrogens with one attached hydrogen (secondary N) is 1. The molecule has 0 aliphatic carbocycles. The van der Waals surface area contributed by atoms with E-state index in [4.69, 9.17) is 0 Å². The molecule has 0 unspecified atom stereocenters. The van der Waals surface area contributed by atoms with Gasteiger partial charge in [-0.25, -0.2) is 8.78 Å². The Labute approximate surface area is 76.0 Å². The Balaban J connectivity index is 2.64.